The van der Waals surface area contributed by atoms with E-state index in [2.05, 4.69) is 10.2 Å². The Morgan fingerprint density at radius 2 is 2.12 bits per heavy atom. The number of nitrogens with zero attached hydrogens (tertiary/aromatic N) is 2. The van der Waals surface area contributed by atoms with Crippen LogP contribution in [-0.2, 0) is 6.61 Å². The van der Waals surface area contributed by atoms with Crippen molar-refractivity contribution in [3.05, 3.63) is 34.1 Å². The molecule has 0 radical (unpaired) electrons. The van der Waals surface area contributed by atoms with E-state index in [0.717, 1.165) is 0 Å². The molecule has 1 aromatic heterocycles. The molecule has 2 rings (SSSR count). The van der Waals surface area contributed by atoms with Crippen molar-refractivity contribution >= 4 is 29.2 Å². The molecule has 5 nitrogen and oxygen atoms in total. The second-order valence-corrected chi connectivity index (χ2v) is 3.74. The van der Waals surface area contributed by atoms with Gasteiger partial charge in [0.05, 0.1) is 5.02 Å². The number of halogens is 2. The fraction of sp³-hybridized carbons (Fsp3) is 0.111. The van der Waals surface area contributed by atoms with Crippen LogP contribution in [0.15, 0.2) is 22.6 Å². The first-order valence-corrected chi connectivity index (χ1v) is 5.06. The summed E-state index contributed by atoms with van der Waals surface area (Å²) in [7, 11) is 0. The highest BCUT2D eigenvalue weighted by molar-refractivity contribution is 6.35. The van der Waals surface area contributed by atoms with Gasteiger partial charge in [0.25, 0.3) is 5.89 Å². The minimum atomic E-state index is 0.000744. The van der Waals surface area contributed by atoms with Crippen molar-refractivity contribution in [2.24, 2.45) is 0 Å². The van der Waals surface area contributed by atoms with Crippen LogP contribution in [0.2, 0.25) is 10.0 Å². The highest BCUT2D eigenvalue weighted by atomic mass is 35.5. The normalized spacial score (nSPS) is 10.4. The van der Waals surface area contributed by atoms with Gasteiger partial charge in [-0.2, -0.15) is 0 Å². The fourth-order valence-electron chi connectivity index (χ4n) is 1.06. The van der Waals surface area contributed by atoms with Gasteiger partial charge in [-0.05, 0) is 18.2 Å². The van der Waals surface area contributed by atoms with Gasteiger partial charge in [-0.15, -0.1) is 5.10 Å². The lowest BCUT2D eigenvalue weighted by Gasteiger charge is -2.05. The van der Waals surface area contributed by atoms with E-state index < -0.39 is 0 Å². The SMILES string of the molecule is Nc1nnc(COc2ccc(Cl)cc2Cl)o1. The van der Waals surface area contributed by atoms with Crippen molar-refractivity contribution < 1.29 is 9.15 Å². The summed E-state index contributed by atoms with van der Waals surface area (Å²) in [5.74, 6) is 0.770. The number of hydrogen-bond donors (Lipinski definition) is 1. The molecule has 0 aliphatic heterocycles. The van der Waals surface area contributed by atoms with E-state index in [-0.39, 0.29) is 18.5 Å². The molecule has 2 N–H and O–H groups in total. The van der Waals surface area contributed by atoms with E-state index >= 15 is 0 Å². The first-order valence-electron chi connectivity index (χ1n) is 4.31. The molecule has 7 heteroatoms. The van der Waals surface area contributed by atoms with Crippen LogP contribution in [0.4, 0.5) is 6.01 Å². The van der Waals surface area contributed by atoms with Crippen molar-refractivity contribution in [1.29, 1.82) is 0 Å². The molecule has 0 spiro atoms. The number of nitrogens with two attached hydrogens (primary N) is 1. The van der Waals surface area contributed by atoms with Crippen LogP contribution in [0.3, 0.4) is 0 Å². The largest absolute Gasteiger partial charge is 0.482 e. The number of anilines is 1. The van der Waals surface area contributed by atoms with Gasteiger partial charge in [-0.25, -0.2) is 0 Å². The summed E-state index contributed by atoms with van der Waals surface area (Å²) in [6.45, 7) is 0.103. The van der Waals surface area contributed by atoms with Crippen molar-refractivity contribution in [3.8, 4) is 5.75 Å². The average Bonchev–Trinajstić information content (AvgIpc) is 2.63. The molecule has 0 amide bonds. The van der Waals surface area contributed by atoms with Crippen LogP contribution in [0.1, 0.15) is 5.89 Å². The first-order chi connectivity index (χ1) is 7.65. The van der Waals surface area contributed by atoms with Crippen molar-refractivity contribution in [2.45, 2.75) is 6.61 Å². The Morgan fingerprint density at radius 3 is 2.75 bits per heavy atom. The van der Waals surface area contributed by atoms with Crippen LogP contribution in [0.5, 0.6) is 5.75 Å². The van der Waals surface area contributed by atoms with E-state index in [9.17, 15) is 0 Å². The predicted octanol–water partition coefficient (Wildman–Crippen LogP) is 2.54. The number of rotatable bonds is 3. The Balaban J connectivity index is 2.04. The highest BCUT2D eigenvalue weighted by Crippen LogP contribution is 2.28. The van der Waals surface area contributed by atoms with Gasteiger partial charge < -0.3 is 14.9 Å². The molecule has 0 saturated heterocycles. The second-order valence-electron chi connectivity index (χ2n) is 2.90. The number of hydrogen-bond acceptors (Lipinski definition) is 5. The number of nitrogen functional groups attached to an aromatic ring is 1. The van der Waals surface area contributed by atoms with Gasteiger partial charge in [0.15, 0.2) is 6.61 Å². The number of benzene rings is 1. The quantitative estimate of drug-likeness (QED) is 0.917. The highest BCUT2D eigenvalue weighted by Gasteiger charge is 2.06. The molecule has 0 bridgehead atoms. The Morgan fingerprint density at radius 1 is 1.31 bits per heavy atom. The molecule has 0 fully saturated rings. The molecular formula is C9H7Cl2N3O2. The lowest BCUT2D eigenvalue weighted by atomic mass is 10.3. The topological polar surface area (TPSA) is 74.2 Å². The summed E-state index contributed by atoms with van der Waals surface area (Å²) in [5.41, 5.74) is 5.26. The average molecular weight is 260 g/mol. The summed E-state index contributed by atoms with van der Waals surface area (Å²) in [6, 6.07) is 4.91. The molecule has 0 unspecified atom stereocenters. The second kappa shape index (κ2) is 4.59. The van der Waals surface area contributed by atoms with Gasteiger partial charge in [-0.1, -0.05) is 28.3 Å². The van der Waals surface area contributed by atoms with Crippen molar-refractivity contribution in [2.75, 3.05) is 5.73 Å². The number of ether oxygens (including phenoxy) is 1. The molecule has 1 heterocycles. The summed E-state index contributed by atoms with van der Waals surface area (Å²) in [5, 5.41) is 8.09. The molecular weight excluding hydrogens is 253 g/mol. The Bertz CT molecular complexity index is 501. The third kappa shape index (κ3) is 2.56. The smallest absolute Gasteiger partial charge is 0.312 e. The van der Waals surface area contributed by atoms with Crippen LogP contribution >= 0.6 is 23.2 Å². The standard InChI is InChI=1S/C9H7Cl2N3O2/c10-5-1-2-7(6(11)3-5)15-4-8-13-14-9(12)16-8/h1-3H,4H2,(H2,12,14). The zero-order valence-corrected chi connectivity index (χ0v) is 9.50. The lowest BCUT2D eigenvalue weighted by Crippen LogP contribution is -1.96. The van der Waals surface area contributed by atoms with E-state index in [1.54, 1.807) is 18.2 Å². The van der Waals surface area contributed by atoms with Gasteiger partial charge in [0, 0.05) is 5.02 Å². The molecule has 16 heavy (non-hydrogen) atoms. The maximum absolute atomic E-state index is 5.90. The zero-order chi connectivity index (χ0) is 11.5. The van der Waals surface area contributed by atoms with Crippen molar-refractivity contribution in [3.63, 3.8) is 0 Å². The predicted molar refractivity (Wildman–Crippen MR) is 59.5 cm³/mol. The third-order valence-electron chi connectivity index (χ3n) is 1.73. The summed E-state index contributed by atoms with van der Waals surface area (Å²) in [4.78, 5) is 0. The monoisotopic (exact) mass is 259 g/mol. The molecule has 1 aromatic carbocycles. The summed E-state index contributed by atoms with van der Waals surface area (Å²) >= 11 is 11.6. The van der Waals surface area contributed by atoms with Crippen molar-refractivity contribution in [1.82, 2.24) is 10.2 Å². The van der Waals surface area contributed by atoms with Crippen LogP contribution in [0, 0.1) is 0 Å². The maximum atomic E-state index is 5.90. The molecule has 2 aromatic rings. The van der Waals surface area contributed by atoms with E-state index in [1.165, 1.54) is 0 Å². The van der Waals surface area contributed by atoms with E-state index in [0.29, 0.717) is 15.8 Å². The van der Waals surface area contributed by atoms with Crippen LogP contribution < -0.4 is 10.5 Å². The molecule has 0 saturated carbocycles. The zero-order valence-electron chi connectivity index (χ0n) is 7.98. The molecule has 84 valence electrons. The molecule has 0 aliphatic carbocycles. The lowest BCUT2D eigenvalue weighted by molar-refractivity contribution is 0.265. The number of aromatic nitrogens is 2. The van der Waals surface area contributed by atoms with E-state index in [1.807, 2.05) is 0 Å². The van der Waals surface area contributed by atoms with E-state index in [4.69, 9.17) is 38.1 Å². The summed E-state index contributed by atoms with van der Waals surface area (Å²) in [6.07, 6.45) is 0. The third-order valence-corrected chi connectivity index (χ3v) is 2.26. The minimum absolute atomic E-state index is 0.000744. The Labute approximate surface area is 101 Å². The minimum Gasteiger partial charge on any atom is -0.482 e. The fourth-order valence-corrected chi connectivity index (χ4v) is 1.52. The summed E-state index contributed by atoms with van der Waals surface area (Å²) < 4.78 is 10.3. The maximum Gasteiger partial charge on any atom is 0.312 e. The first kappa shape index (κ1) is 11.0. The Hall–Kier alpha value is -1.46. The van der Waals surface area contributed by atoms with Crippen LogP contribution in [-0.4, -0.2) is 10.2 Å². The molecule has 0 atom stereocenters. The van der Waals surface area contributed by atoms with Crippen LogP contribution in [0.25, 0.3) is 0 Å². The Kier molecular flexibility index (Phi) is 3.17. The van der Waals surface area contributed by atoms with Gasteiger partial charge in [0.1, 0.15) is 5.75 Å². The van der Waals surface area contributed by atoms with Gasteiger partial charge in [-0.3, -0.25) is 0 Å². The van der Waals surface area contributed by atoms with Gasteiger partial charge >= 0.3 is 6.01 Å². The van der Waals surface area contributed by atoms with Gasteiger partial charge in [0.2, 0.25) is 0 Å². The molecule has 0 aliphatic rings.